The fourth-order valence-corrected chi connectivity index (χ4v) is 4.66. The molecule has 0 amide bonds. The summed E-state index contributed by atoms with van der Waals surface area (Å²) in [6.45, 7) is 9.58. The summed E-state index contributed by atoms with van der Waals surface area (Å²) in [5, 5.41) is 13.2. The number of aliphatic hydroxyl groups excluding tert-OH is 1. The Balaban J connectivity index is 1.67. The molecular weight excluding hydrogens is 460 g/mol. The molecule has 3 aromatic rings. The van der Waals surface area contributed by atoms with E-state index in [0.717, 1.165) is 54.2 Å². The van der Waals surface area contributed by atoms with Crippen molar-refractivity contribution in [1.82, 2.24) is 19.4 Å². The van der Waals surface area contributed by atoms with Crippen molar-refractivity contribution >= 4 is 17.0 Å². The van der Waals surface area contributed by atoms with Crippen molar-refractivity contribution in [2.24, 2.45) is 13.0 Å². The topological polar surface area (TPSA) is 108 Å². The van der Waals surface area contributed by atoms with Gasteiger partial charge in [-0.05, 0) is 57.9 Å². The van der Waals surface area contributed by atoms with Crippen molar-refractivity contribution in [1.29, 1.82) is 0 Å². The zero-order valence-electron chi connectivity index (χ0n) is 21.7. The Bertz CT molecular complexity index is 1260. The van der Waals surface area contributed by atoms with Crippen LogP contribution in [0.1, 0.15) is 38.3 Å². The van der Waals surface area contributed by atoms with Gasteiger partial charge in [-0.1, -0.05) is 6.07 Å². The number of nitrogens with one attached hydrogen (secondary N) is 1. The van der Waals surface area contributed by atoms with Gasteiger partial charge in [0, 0.05) is 50.0 Å². The second-order valence-electron chi connectivity index (χ2n) is 10.0. The number of aromatic nitrogens is 3. The van der Waals surface area contributed by atoms with Crippen LogP contribution in [0.3, 0.4) is 0 Å². The highest BCUT2D eigenvalue weighted by molar-refractivity contribution is 5.81. The van der Waals surface area contributed by atoms with Crippen molar-refractivity contribution in [2.75, 3.05) is 13.2 Å². The summed E-state index contributed by atoms with van der Waals surface area (Å²) in [5.41, 5.74) is 4.28. The number of aryl methyl sites for hydroxylation is 2. The molecule has 1 aliphatic heterocycles. The van der Waals surface area contributed by atoms with Crippen molar-refractivity contribution in [3.05, 3.63) is 51.9 Å². The molecule has 1 saturated heterocycles. The molecule has 2 aromatic heterocycles. The molecule has 3 atom stereocenters. The van der Waals surface area contributed by atoms with Crippen LogP contribution in [0, 0.1) is 12.8 Å². The van der Waals surface area contributed by atoms with Crippen LogP contribution < -0.4 is 10.9 Å². The van der Waals surface area contributed by atoms with Gasteiger partial charge in [-0.2, -0.15) is 0 Å². The van der Waals surface area contributed by atoms with Crippen LogP contribution in [0.15, 0.2) is 35.3 Å². The van der Waals surface area contributed by atoms with Crippen LogP contribution in [-0.2, 0) is 34.4 Å². The number of rotatable bonds is 9. The van der Waals surface area contributed by atoms with E-state index in [9.17, 15) is 14.7 Å². The number of hydrogen-bond donors (Lipinski definition) is 2. The number of hydrogen-bond acceptors (Lipinski definition) is 7. The number of fused-ring (bicyclic) bond motifs is 1. The highest BCUT2D eigenvalue weighted by atomic mass is 16.5. The molecule has 2 N–H and O–H groups in total. The lowest BCUT2D eigenvalue weighted by atomic mass is 10.1. The number of esters is 1. The van der Waals surface area contributed by atoms with E-state index in [1.54, 1.807) is 32.4 Å². The minimum absolute atomic E-state index is 0.0253. The molecule has 9 nitrogen and oxygen atoms in total. The minimum Gasteiger partial charge on any atom is -0.462 e. The largest absolute Gasteiger partial charge is 0.462 e. The summed E-state index contributed by atoms with van der Waals surface area (Å²) < 4.78 is 14.7. The molecule has 3 heterocycles. The maximum absolute atomic E-state index is 12.4. The third-order valence-corrected chi connectivity index (χ3v) is 6.51. The normalized spacial score (nSPS) is 17.6. The Morgan fingerprint density at radius 1 is 1.31 bits per heavy atom. The predicted octanol–water partition coefficient (Wildman–Crippen LogP) is 2.54. The van der Waals surface area contributed by atoms with Crippen molar-refractivity contribution < 1.29 is 19.4 Å². The number of imidazole rings is 1. The van der Waals surface area contributed by atoms with Crippen LogP contribution in [-0.4, -0.2) is 56.7 Å². The number of carbonyl (C=O) groups is 1. The van der Waals surface area contributed by atoms with E-state index in [1.165, 1.54) is 0 Å². The van der Waals surface area contributed by atoms with Crippen LogP contribution in [0.25, 0.3) is 22.4 Å². The van der Waals surface area contributed by atoms with Crippen molar-refractivity contribution in [3.8, 4) is 11.4 Å². The molecule has 1 aliphatic rings. The van der Waals surface area contributed by atoms with E-state index in [1.807, 2.05) is 37.4 Å². The predicted molar refractivity (Wildman–Crippen MR) is 138 cm³/mol. The first-order valence-corrected chi connectivity index (χ1v) is 12.5. The molecule has 194 valence electrons. The molecule has 1 fully saturated rings. The summed E-state index contributed by atoms with van der Waals surface area (Å²) in [7, 11) is 1.75. The number of aliphatic hydroxyl groups is 1. The van der Waals surface area contributed by atoms with E-state index in [2.05, 4.69) is 9.88 Å². The summed E-state index contributed by atoms with van der Waals surface area (Å²) in [6.07, 6.45) is 1.67. The summed E-state index contributed by atoms with van der Waals surface area (Å²) in [5.74, 6) is 0.731. The van der Waals surface area contributed by atoms with Gasteiger partial charge in [0.1, 0.15) is 11.9 Å². The van der Waals surface area contributed by atoms with Gasteiger partial charge in [-0.3, -0.25) is 14.9 Å². The number of ether oxygens (including phenoxy) is 2. The van der Waals surface area contributed by atoms with Crippen LogP contribution in [0.2, 0.25) is 0 Å². The highest BCUT2D eigenvalue weighted by Crippen LogP contribution is 2.28. The fourth-order valence-electron chi connectivity index (χ4n) is 4.66. The minimum atomic E-state index is -0.896. The third kappa shape index (κ3) is 5.69. The van der Waals surface area contributed by atoms with Gasteiger partial charge < -0.3 is 23.7 Å². The molecule has 9 heteroatoms. The summed E-state index contributed by atoms with van der Waals surface area (Å²) in [6, 6.07) is 7.10. The number of benzene rings is 1. The lowest BCUT2D eigenvalue weighted by molar-refractivity contribution is -0.152. The van der Waals surface area contributed by atoms with Gasteiger partial charge >= 0.3 is 5.97 Å². The number of pyridine rings is 1. The lowest BCUT2D eigenvalue weighted by Gasteiger charge is -2.21. The first kappa shape index (κ1) is 26.1. The molecule has 36 heavy (non-hydrogen) atoms. The standard InChI is InChI=1S/C27H36N4O5/c1-16(2)36-27(34)24(18(4)32)28-12-19-6-7-23-22(11-19)29-25(31(23)13-20-8-9-35-15-20)21-10-17(3)26(33)30(5)14-21/h6-7,10-11,14,16,18,20,24,28,32H,8-9,12-13,15H2,1-5H3/t18-,20-,24+/m1/s1. The maximum atomic E-state index is 12.4. The molecule has 0 saturated carbocycles. The highest BCUT2D eigenvalue weighted by Gasteiger charge is 2.26. The molecule has 0 spiro atoms. The number of nitrogens with zero attached hydrogens (tertiary/aromatic N) is 3. The fraction of sp³-hybridized carbons (Fsp3) is 0.519. The Kier molecular flexibility index (Phi) is 7.92. The van der Waals surface area contributed by atoms with Crippen molar-refractivity contribution in [2.45, 2.75) is 65.5 Å². The summed E-state index contributed by atoms with van der Waals surface area (Å²) >= 11 is 0. The smallest absolute Gasteiger partial charge is 0.326 e. The first-order valence-electron chi connectivity index (χ1n) is 12.5. The van der Waals surface area contributed by atoms with Crippen LogP contribution >= 0.6 is 0 Å². The van der Waals surface area contributed by atoms with Crippen molar-refractivity contribution in [3.63, 3.8) is 0 Å². The van der Waals surface area contributed by atoms with Gasteiger partial charge in [-0.15, -0.1) is 0 Å². The molecule has 0 radical (unpaired) electrons. The average Bonchev–Trinajstić information content (AvgIpc) is 3.45. The molecule has 0 unspecified atom stereocenters. The number of carbonyl (C=O) groups excluding carboxylic acids is 1. The van der Waals surface area contributed by atoms with Crippen LogP contribution in [0.5, 0.6) is 0 Å². The molecule has 0 aliphatic carbocycles. The maximum Gasteiger partial charge on any atom is 0.326 e. The molecule has 1 aromatic carbocycles. The van der Waals surface area contributed by atoms with E-state index in [-0.39, 0.29) is 11.7 Å². The first-order chi connectivity index (χ1) is 17.1. The van der Waals surface area contributed by atoms with E-state index < -0.39 is 18.1 Å². The summed E-state index contributed by atoms with van der Waals surface area (Å²) in [4.78, 5) is 29.6. The van der Waals surface area contributed by atoms with Gasteiger partial charge in [-0.25, -0.2) is 4.98 Å². The molecular formula is C27H36N4O5. The van der Waals surface area contributed by atoms with Crippen LogP contribution in [0.4, 0.5) is 0 Å². The zero-order valence-corrected chi connectivity index (χ0v) is 21.7. The van der Waals surface area contributed by atoms with Gasteiger partial charge in [0.15, 0.2) is 0 Å². The van der Waals surface area contributed by atoms with E-state index >= 15 is 0 Å². The SMILES string of the molecule is Cc1cc(-c2nc3cc(CN[C@H](C(=O)OC(C)C)[C@@H](C)O)ccc3n2C[C@H]2CCOC2)cn(C)c1=O. The Morgan fingerprint density at radius 3 is 2.72 bits per heavy atom. The van der Waals surface area contributed by atoms with E-state index in [0.29, 0.717) is 18.0 Å². The molecule has 4 rings (SSSR count). The Morgan fingerprint density at radius 2 is 2.08 bits per heavy atom. The quantitative estimate of drug-likeness (QED) is 0.439. The van der Waals surface area contributed by atoms with Gasteiger partial charge in [0.2, 0.25) is 0 Å². The molecule has 0 bridgehead atoms. The Labute approximate surface area is 211 Å². The lowest BCUT2D eigenvalue weighted by Crippen LogP contribution is -2.46. The second kappa shape index (κ2) is 10.9. The zero-order chi connectivity index (χ0) is 26.0. The average molecular weight is 497 g/mol. The second-order valence-corrected chi connectivity index (χ2v) is 10.0. The monoisotopic (exact) mass is 496 g/mol. The van der Waals surface area contributed by atoms with Gasteiger partial charge in [0.25, 0.3) is 5.56 Å². The Hall–Kier alpha value is -3.01. The third-order valence-electron chi connectivity index (χ3n) is 6.51. The van der Waals surface area contributed by atoms with Gasteiger partial charge in [0.05, 0.1) is 29.8 Å². The van der Waals surface area contributed by atoms with E-state index in [4.69, 9.17) is 14.5 Å².